The Morgan fingerprint density at radius 1 is 1.33 bits per heavy atom. The second-order valence-electron chi connectivity index (χ2n) is 3.22. The SMILES string of the molecule is CCCc1ncc(C)n1CCC. The summed E-state index contributed by atoms with van der Waals surface area (Å²) in [5.41, 5.74) is 1.29. The quantitative estimate of drug-likeness (QED) is 0.672. The van der Waals surface area contributed by atoms with Crippen LogP contribution in [0, 0.1) is 6.92 Å². The van der Waals surface area contributed by atoms with Crippen molar-refractivity contribution in [2.75, 3.05) is 0 Å². The Hall–Kier alpha value is -0.790. The van der Waals surface area contributed by atoms with Gasteiger partial charge in [-0.05, 0) is 19.8 Å². The number of nitrogens with zero attached hydrogens (tertiary/aromatic N) is 2. The Kier molecular flexibility index (Phi) is 3.32. The average Bonchev–Trinajstić information content (AvgIpc) is 2.37. The van der Waals surface area contributed by atoms with Crippen molar-refractivity contribution >= 4 is 0 Å². The predicted molar refractivity (Wildman–Crippen MR) is 51.3 cm³/mol. The molecule has 1 heterocycles. The first-order chi connectivity index (χ1) is 5.79. The lowest BCUT2D eigenvalue weighted by Crippen LogP contribution is -2.04. The van der Waals surface area contributed by atoms with Gasteiger partial charge in [-0.25, -0.2) is 4.98 Å². The lowest BCUT2D eigenvalue weighted by atomic mass is 10.3. The van der Waals surface area contributed by atoms with Crippen molar-refractivity contribution in [2.24, 2.45) is 0 Å². The Morgan fingerprint density at radius 2 is 2.08 bits per heavy atom. The maximum absolute atomic E-state index is 4.39. The third-order valence-corrected chi connectivity index (χ3v) is 2.06. The van der Waals surface area contributed by atoms with E-state index in [0.717, 1.165) is 13.0 Å². The van der Waals surface area contributed by atoms with Crippen molar-refractivity contribution < 1.29 is 0 Å². The molecule has 0 aromatic carbocycles. The molecule has 0 aliphatic rings. The second-order valence-corrected chi connectivity index (χ2v) is 3.22. The molecule has 0 saturated heterocycles. The van der Waals surface area contributed by atoms with Gasteiger partial charge in [0.25, 0.3) is 0 Å². The van der Waals surface area contributed by atoms with Crippen LogP contribution in [-0.2, 0) is 13.0 Å². The molecule has 0 radical (unpaired) electrons. The van der Waals surface area contributed by atoms with Gasteiger partial charge in [0, 0.05) is 24.9 Å². The molecule has 0 amide bonds. The summed E-state index contributed by atoms with van der Waals surface area (Å²) >= 11 is 0. The Bertz CT molecular complexity index is 238. The molecule has 0 atom stereocenters. The Labute approximate surface area is 74.6 Å². The minimum atomic E-state index is 1.10. The number of hydrogen-bond donors (Lipinski definition) is 0. The zero-order valence-corrected chi connectivity index (χ0v) is 8.30. The molecule has 1 aromatic rings. The van der Waals surface area contributed by atoms with E-state index in [1.165, 1.54) is 24.4 Å². The Balaban J connectivity index is 2.80. The van der Waals surface area contributed by atoms with Crippen LogP contribution in [0.15, 0.2) is 6.20 Å². The van der Waals surface area contributed by atoms with E-state index in [-0.39, 0.29) is 0 Å². The smallest absolute Gasteiger partial charge is 0.108 e. The highest BCUT2D eigenvalue weighted by Crippen LogP contribution is 2.07. The molecule has 0 aliphatic heterocycles. The lowest BCUT2D eigenvalue weighted by molar-refractivity contribution is 0.617. The van der Waals surface area contributed by atoms with Gasteiger partial charge in [-0.2, -0.15) is 0 Å². The third-order valence-electron chi connectivity index (χ3n) is 2.06. The minimum absolute atomic E-state index is 1.10. The van der Waals surface area contributed by atoms with E-state index < -0.39 is 0 Å². The van der Waals surface area contributed by atoms with Gasteiger partial charge in [0.15, 0.2) is 0 Å². The standard InChI is InChI=1S/C10H18N2/c1-4-6-10-11-8-9(3)12(10)7-5-2/h8H,4-7H2,1-3H3. The summed E-state index contributed by atoms with van der Waals surface area (Å²) in [5.74, 6) is 1.25. The second kappa shape index (κ2) is 4.29. The molecule has 0 aliphatic carbocycles. The van der Waals surface area contributed by atoms with Gasteiger partial charge < -0.3 is 4.57 Å². The van der Waals surface area contributed by atoms with E-state index in [9.17, 15) is 0 Å². The topological polar surface area (TPSA) is 17.8 Å². The van der Waals surface area contributed by atoms with E-state index in [1.54, 1.807) is 0 Å². The van der Waals surface area contributed by atoms with Crippen molar-refractivity contribution in [3.8, 4) is 0 Å². The molecule has 0 spiro atoms. The summed E-state index contributed by atoms with van der Waals surface area (Å²) in [6.07, 6.45) is 5.45. The average molecular weight is 166 g/mol. The molecule has 2 nitrogen and oxygen atoms in total. The van der Waals surface area contributed by atoms with Crippen molar-refractivity contribution in [3.05, 3.63) is 17.7 Å². The van der Waals surface area contributed by atoms with Gasteiger partial charge in [0.05, 0.1) is 0 Å². The van der Waals surface area contributed by atoms with Crippen LogP contribution in [-0.4, -0.2) is 9.55 Å². The summed E-state index contributed by atoms with van der Waals surface area (Å²) < 4.78 is 2.32. The normalized spacial score (nSPS) is 10.6. The largest absolute Gasteiger partial charge is 0.332 e. The van der Waals surface area contributed by atoms with Crippen LogP contribution < -0.4 is 0 Å². The van der Waals surface area contributed by atoms with Crippen molar-refractivity contribution in [1.29, 1.82) is 0 Å². The van der Waals surface area contributed by atoms with Gasteiger partial charge in [-0.1, -0.05) is 13.8 Å². The maximum atomic E-state index is 4.39. The first-order valence-electron chi connectivity index (χ1n) is 4.80. The third kappa shape index (κ3) is 1.87. The molecular weight excluding hydrogens is 148 g/mol. The molecule has 1 rings (SSSR count). The molecule has 0 unspecified atom stereocenters. The van der Waals surface area contributed by atoms with Crippen LogP contribution in [0.1, 0.15) is 38.2 Å². The number of hydrogen-bond acceptors (Lipinski definition) is 1. The van der Waals surface area contributed by atoms with E-state index in [4.69, 9.17) is 0 Å². The van der Waals surface area contributed by atoms with Crippen LogP contribution in [0.5, 0.6) is 0 Å². The van der Waals surface area contributed by atoms with Crippen LogP contribution in [0.4, 0.5) is 0 Å². The Morgan fingerprint density at radius 3 is 2.67 bits per heavy atom. The van der Waals surface area contributed by atoms with Crippen LogP contribution >= 0.6 is 0 Å². The molecule has 68 valence electrons. The van der Waals surface area contributed by atoms with Gasteiger partial charge >= 0.3 is 0 Å². The fourth-order valence-corrected chi connectivity index (χ4v) is 1.46. The highest BCUT2D eigenvalue weighted by atomic mass is 15.1. The summed E-state index contributed by atoms with van der Waals surface area (Å²) in [5, 5.41) is 0. The van der Waals surface area contributed by atoms with Gasteiger partial charge in [0.1, 0.15) is 5.82 Å². The minimum Gasteiger partial charge on any atom is -0.332 e. The van der Waals surface area contributed by atoms with Crippen molar-refractivity contribution in [2.45, 2.75) is 46.6 Å². The van der Waals surface area contributed by atoms with Crippen LogP contribution in [0.25, 0.3) is 0 Å². The highest BCUT2D eigenvalue weighted by Gasteiger charge is 2.03. The van der Waals surface area contributed by atoms with Gasteiger partial charge in [0.2, 0.25) is 0 Å². The first kappa shape index (κ1) is 9.30. The zero-order valence-electron chi connectivity index (χ0n) is 8.30. The fourth-order valence-electron chi connectivity index (χ4n) is 1.46. The monoisotopic (exact) mass is 166 g/mol. The molecular formula is C10H18N2. The fraction of sp³-hybridized carbons (Fsp3) is 0.700. The molecule has 12 heavy (non-hydrogen) atoms. The van der Waals surface area contributed by atoms with E-state index in [0.29, 0.717) is 0 Å². The molecule has 2 heteroatoms. The molecule has 0 fully saturated rings. The number of rotatable bonds is 4. The summed E-state index contributed by atoms with van der Waals surface area (Å²) in [6.45, 7) is 7.64. The first-order valence-corrected chi connectivity index (χ1v) is 4.80. The maximum Gasteiger partial charge on any atom is 0.108 e. The molecule has 1 aromatic heterocycles. The zero-order chi connectivity index (χ0) is 8.97. The predicted octanol–water partition coefficient (Wildman–Crippen LogP) is 2.55. The number of aromatic nitrogens is 2. The van der Waals surface area contributed by atoms with Crippen LogP contribution in [0.2, 0.25) is 0 Å². The van der Waals surface area contributed by atoms with E-state index >= 15 is 0 Å². The van der Waals surface area contributed by atoms with Crippen molar-refractivity contribution in [1.82, 2.24) is 9.55 Å². The van der Waals surface area contributed by atoms with Gasteiger partial charge in [-0.15, -0.1) is 0 Å². The van der Waals surface area contributed by atoms with E-state index in [2.05, 4.69) is 30.3 Å². The lowest BCUT2D eigenvalue weighted by Gasteiger charge is -2.06. The molecule has 0 saturated carbocycles. The number of imidazole rings is 1. The van der Waals surface area contributed by atoms with Crippen molar-refractivity contribution in [3.63, 3.8) is 0 Å². The summed E-state index contributed by atoms with van der Waals surface area (Å²) in [6, 6.07) is 0. The summed E-state index contributed by atoms with van der Waals surface area (Å²) in [7, 11) is 0. The van der Waals surface area contributed by atoms with Gasteiger partial charge in [-0.3, -0.25) is 0 Å². The molecule has 0 N–H and O–H groups in total. The summed E-state index contributed by atoms with van der Waals surface area (Å²) in [4.78, 5) is 4.39. The van der Waals surface area contributed by atoms with Crippen LogP contribution in [0.3, 0.4) is 0 Å². The number of aryl methyl sites for hydroxylation is 2. The van der Waals surface area contributed by atoms with E-state index in [1.807, 2.05) is 6.20 Å². The molecule has 0 bridgehead atoms. The highest BCUT2D eigenvalue weighted by molar-refractivity contribution is 5.03.